The first-order valence-corrected chi connectivity index (χ1v) is 3.10. The lowest BCUT2D eigenvalue weighted by atomic mass is 10.3. The SMILES string of the molecule is CCC/C=C/CN=C=O. The molecule has 9 heavy (non-hydrogen) atoms. The fraction of sp³-hybridized carbons (Fsp3) is 0.571. The Morgan fingerprint density at radius 1 is 1.56 bits per heavy atom. The van der Waals surface area contributed by atoms with E-state index in [1.165, 1.54) is 6.08 Å². The predicted octanol–water partition coefficient (Wildman–Crippen LogP) is 1.68. The summed E-state index contributed by atoms with van der Waals surface area (Å²) >= 11 is 0. The van der Waals surface area contributed by atoms with Crippen molar-refractivity contribution >= 4 is 6.08 Å². The molecular weight excluding hydrogens is 114 g/mol. The number of isocyanates is 1. The van der Waals surface area contributed by atoms with Crippen molar-refractivity contribution in [2.24, 2.45) is 4.99 Å². The van der Waals surface area contributed by atoms with E-state index in [1.807, 2.05) is 12.2 Å². The van der Waals surface area contributed by atoms with Crippen molar-refractivity contribution in [1.29, 1.82) is 0 Å². The molecular formula is C7H11NO. The molecule has 0 atom stereocenters. The van der Waals surface area contributed by atoms with Crippen LogP contribution in [0.15, 0.2) is 17.1 Å². The van der Waals surface area contributed by atoms with E-state index < -0.39 is 0 Å². The highest BCUT2D eigenvalue weighted by Gasteiger charge is 1.71. The van der Waals surface area contributed by atoms with Crippen LogP contribution in [0.1, 0.15) is 19.8 Å². The monoisotopic (exact) mass is 125 g/mol. The zero-order valence-electron chi connectivity index (χ0n) is 5.63. The normalized spacial score (nSPS) is 9.44. The van der Waals surface area contributed by atoms with Crippen LogP contribution < -0.4 is 0 Å². The standard InChI is InChI=1S/C7H11NO/c1-2-3-4-5-6-8-7-9/h4-5H,2-3,6H2,1H3/b5-4+. The second kappa shape index (κ2) is 7.12. The largest absolute Gasteiger partial charge is 0.235 e. The molecule has 2 heteroatoms. The Labute approximate surface area is 55.3 Å². The smallest absolute Gasteiger partial charge is 0.211 e. The number of allylic oxidation sites excluding steroid dienone is 1. The maximum absolute atomic E-state index is 9.51. The fourth-order valence-corrected chi connectivity index (χ4v) is 0.449. The first-order valence-electron chi connectivity index (χ1n) is 3.10. The number of hydrogen-bond donors (Lipinski definition) is 0. The molecule has 0 amide bonds. The Hall–Kier alpha value is -0.880. The van der Waals surface area contributed by atoms with Gasteiger partial charge in [0.15, 0.2) is 0 Å². The maximum Gasteiger partial charge on any atom is 0.235 e. The van der Waals surface area contributed by atoms with Crippen LogP contribution in [0.2, 0.25) is 0 Å². The summed E-state index contributed by atoms with van der Waals surface area (Å²) < 4.78 is 0. The number of carbonyl (C=O) groups excluding carboxylic acids is 1. The Kier molecular flexibility index (Phi) is 6.42. The summed E-state index contributed by atoms with van der Waals surface area (Å²) in [5.74, 6) is 0. The van der Waals surface area contributed by atoms with Crippen molar-refractivity contribution in [3.05, 3.63) is 12.2 Å². The molecule has 0 radical (unpaired) electrons. The van der Waals surface area contributed by atoms with Gasteiger partial charge in [-0.1, -0.05) is 25.5 Å². The van der Waals surface area contributed by atoms with Crippen molar-refractivity contribution in [1.82, 2.24) is 0 Å². The molecule has 0 aliphatic rings. The van der Waals surface area contributed by atoms with Gasteiger partial charge >= 0.3 is 0 Å². The molecule has 0 unspecified atom stereocenters. The molecule has 0 fully saturated rings. The molecule has 0 spiro atoms. The number of aliphatic imine (C=N–C) groups is 1. The predicted molar refractivity (Wildman–Crippen MR) is 37.0 cm³/mol. The number of nitrogens with zero attached hydrogens (tertiary/aromatic N) is 1. The van der Waals surface area contributed by atoms with Crippen LogP contribution >= 0.6 is 0 Å². The summed E-state index contributed by atoms with van der Waals surface area (Å²) in [6.45, 7) is 2.58. The highest BCUT2D eigenvalue weighted by Crippen LogP contribution is 1.87. The molecule has 0 aliphatic heterocycles. The van der Waals surface area contributed by atoms with Crippen molar-refractivity contribution in [2.75, 3.05) is 6.54 Å². The molecule has 0 aromatic carbocycles. The molecule has 0 saturated heterocycles. The van der Waals surface area contributed by atoms with Crippen LogP contribution in [0.25, 0.3) is 0 Å². The van der Waals surface area contributed by atoms with Crippen molar-refractivity contribution in [3.8, 4) is 0 Å². The van der Waals surface area contributed by atoms with Gasteiger partial charge in [-0.15, -0.1) is 0 Å². The van der Waals surface area contributed by atoms with Gasteiger partial charge < -0.3 is 0 Å². The third-order valence-electron chi connectivity index (χ3n) is 0.883. The van der Waals surface area contributed by atoms with Crippen molar-refractivity contribution < 1.29 is 4.79 Å². The van der Waals surface area contributed by atoms with Crippen LogP contribution in [0, 0.1) is 0 Å². The summed E-state index contributed by atoms with van der Waals surface area (Å²) in [6.07, 6.45) is 7.56. The lowest BCUT2D eigenvalue weighted by Crippen LogP contribution is -1.69. The van der Waals surface area contributed by atoms with Crippen LogP contribution in [0.3, 0.4) is 0 Å². The minimum atomic E-state index is 0.476. The minimum Gasteiger partial charge on any atom is -0.211 e. The summed E-state index contributed by atoms with van der Waals surface area (Å²) in [5, 5.41) is 0. The summed E-state index contributed by atoms with van der Waals surface area (Å²) in [6, 6.07) is 0. The van der Waals surface area contributed by atoms with Gasteiger partial charge in [0.05, 0.1) is 6.54 Å². The second-order valence-corrected chi connectivity index (χ2v) is 1.69. The molecule has 0 aliphatic carbocycles. The van der Waals surface area contributed by atoms with Crippen LogP contribution in [-0.2, 0) is 4.79 Å². The van der Waals surface area contributed by atoms with Crippen molar-refractivity contribution in [3.63, 3.8) is 0 Å². The van der Waals surface area contributed by atoms with E-state index in [-0.39, 0.29) is 0 Å². The zero-order valence-corrected chi connectivity index (χ0v) is 5.63. The van der Waals surface area contributed by atoms with Crippen LogP contribution in [-0.4, -0.2) is 12.6 Å². The molecule has 0 bridgehead atoms. The Morgan fingerprint density at radius 2 is 2.33 bits per heavy atom. The molecule has 0 aromatic rings. The topological polar surface area (TPSA) is 29.4 Å². The minimum absolute atomic E-state index is 0.476. The van der Waals surface area contributed by atoms with Gasteiger partial charge in [-0.25, -0.2) is 9.79 Å². The lowest BCUT2D eigenvalue weighted by Gasteiger charge is -1.80. The molecule has 0 heterocycles. The summed E-state index contributed by atoms with van der Waals surface area (Å²) in [7, 11) is 0. The van der Waals surface area contributed by atoms with Gasteiger partial charge in [-0.2, -0.15) is 0 Å². The van der Waals surface area contributed by atoms with Crippen LogP contribution in [0.4, 0.5) is 0 Å². The van der Waals surface area contributed by atoms with Gasteiger partial charge in [0.1, 0.15) is 0 Å². The van der Waals surface area contributed by atoms with Gasteiger partial charge in [-0.3, -0.25) is 0 Å². The lowest BCUT2D eigenvalue weighted by molar-refractivity contribution is 0.564. The zero-order chi connectivity index (χ0) is 6.95. The van der Waals surface area contributed by atoms with Gasteiger partial charge in [0.2, 0.25) is 6.08 Å². The van der Waals surface area contributed by atoms with E-state index >= 15 is 0 Å². The fourth-order valence-electron chi connectivity index (χ4n) is 0.449. The summed E-state index contributed by atoms with van der Waals surface area (Å²) in [5.41, 5.74) is 0. The molecule has 50 valence electrons. The maximum atomic E-state index is 9.51. The van der Waals surface area contributed by atoms with E-state index in [0.717, 1.165) is 12.8 Å². The highest BCUT2D eigenvalue weighted by molar-refractivity contribution is 5.33. The van der Waals surface area contributed by atoms with E-state index in [2.05, 4.69) is 11.9 Å². The van der Waals surface area contributed by atoms with E-state index in [1.54, 1.807) is 0 Å². The first kappa shape index (κ1) is 8.12. The Bertz CT molecular complexity index is 123. The third-order valence-corrected chi connectivity index (χ3v) is 0.883. The molecule has 0 aromatic heterocycles. The number of unbranched alkanes of at least 4 members (excludes halogenated alkanes) is 1. The molecule has 0 rings (SSSR count). The molecule has 0 saturated carbocycles. The van der Waals surface area contributed by atoms with E-state index in [4.69, 9.17) is 0 Å². The van der Waals surface area contributed by atoms with E-state index in [9.17, 15) is 4.79 Å². The van der Waals surface area contributed by atoms with E-state index in [0.29, 0.717) is 6.54 Å². The summed E-state index contributed by atoms with van der Waals surface area (Å²) in [4.78, 5) is 12.9. The van der Waals surface area contributed by atoms with Crippen LogP contribution in [0.5, 0.6) is 0 Å². The first-order chi connectivity index (χ1) is 4.41. The Balaban J connectivity index is 3.14. The average Bonchev–Trinajstić information content (AvgIpc) is 1.89. The second-order valence-electron chi connectivity index (χ2n) is 1.69. The number of hydrogen-bond acceptors (Lipinski definition) is 2. The van der Waals surface area contributed by atoms with Gasteiger partial charge in [0, 0.05) is 0 Å². The Morgan fingerprint density at radius 3 is 2.89 bits per heavy atom. The van der Waals surface area contributed by atoms with Gasteiger partial charge in [0.25, 0.3) is 0 Å². The number of rotatable bonds is 4. The third kappa shape index (κ3) is 7.12. The van der Waals surface area contributed by atoms with Crippen molar-refractivity contribution in [2.45, 2.75) is 19.8 Å². The molecule has 2 nitrogen and oxygen atoms in total. The van der Waals surface area contributed by atoms with Gasteiger partial charge in [-0.05, 0) is 6.42 Å². The quantitative estimate of drug-likeness (QED) is 0.319. The highest BCUT2D eigenvalue weighted by atomic mass is 16.1. The molecule has 0 N–H and O–H groups in total. The average molecular weight is 125 g/mol.